The lowest BCUT2D eigenvalue weighted by Crippen LogP contribution is -2.09. The minimum atomic E-state index is -0.171. The molecule has 0 amide bonds. The van der Waals surface area contributed by atoms with Crippen molar-refractivity contribution < 1.29 is 9.47 Å². The molecule has 0 radical (unpaired) electrons. The topological polar surface area (TPSA) is 30.8 Å². The summed E-state index contributed by atoms with van der Waals surface area (Å²) in [5.74, 6) is 3.86. The summed E-state index contributed by atoms with van der Waals surface area (Å²) in [5.41, 5.74) is 4.06. The lowest BCUT2D eigenvalue weighted by molar-refractivity contribution is 0.170. The van der Waals surface area contributed by atoms with E-state index in [-0.39, 0.29) is 6.04 Å². The first-order valence-corrected chi connectivity index (χ1v) is 8.70. The first-order chi connectivity index (χ1) is 12.9. The molecular formula is C23H19NO2. The Morgan fingerprint density at radius 2 is 1.46 bits per heavy atom. The molecule has 0 saturated carbocycles. The van der Waals surface area contributed by atoms with Crippen molar-refractivity contribution in [3.05, 3.63) is 108 Å². The molecule has 1 aliphatic heterocycles. The average molecular weight is 341 g/mol. The first-order valence-electron chi connectivity index (χ1n) is 8.70. The van der Waals surface area contributed by atoms with Gasteiger partial charge in [-0.25, -0.2) is 4.99 Å². The third-order valence-electron chi connectivity index (χ3n) is 4.22. The molecule has 1 fully saturated rings. The maximum absolute atomic E-state index is 5.58. The van der Waals surface area contributed by atoms with E-state index >= 15 is 0 Å². The highest BCUT2D eigenvalue weighted by atomic mass is 16.7. The molecule has 2 aromatic rings. The molecule has 128 valence electrons. The summed E-state index contributed by atoms with van der Waals surface area (Å²) >= 11 is 0. The quantitative estimate of drug-likeness (QED) is 0.767. The van der Waals surface area contributed by atoms with Crippen molar-refractivity contribution in [2.75, 3.05) is 13.2 Å². The van der Waals surface area contributed by atoms with Gasteiger partial charge in [-0.1, -0.05) is 78.9 Å². The molecule has 3 nitrogen and oxygen atoms in total. The van der Waals surface area contributed by atoms with Crippen LogP contribution in [0.4, 0.5) is 0 Å². The lowest BCUT2D eigenvalue weighted by Gasteiger charge is -2.13. The van der Waals surface area contributed by atoms with Gasteiger partial charge in [-0.2, -0.15) is 0 Å². The Labute approximate surface area is 153 Å². The van der Waals surface area contributed by atoms with Crippen LogP contribution in [0.5, 0.6) is 0 Å². The highest BCUT2D eigenvalue weighted by molar-refractivity contribution is 5.98. The van der Waals surface area contributed by atoms with Gasteiger partial charge in [0.15, 0.2) is 0 Å². The minimum absolute atomic E-state index is 0.171. The van der Waals surface area contributed by atoms with Crippen LogP contribution < -0.4 is 0 Å². The number of ether oxygens (including phenoxy) is 2. The zero-order valence-corrected chi connectivity index (χ0v) is 14.3. The van der Waals surface area contributed by atoms with E-state index in [0.717, 1.165) is 22.3 Å². The Morgan fingerprint density at radius 1 is 0.846 bits per heavy atom. The third kappa shape index (κ3) is 3.53. The van der Waals surface area contributed by atoms with Crippen molar-refractivity contribution in [2.24, 2.45) is 4.99 Å². The van der Waals surface area contributed by atoms with Gasteiger partial charge in [0.05, 0.1) is 11.1 Å². The van der Waals surface area contributed by atoms with Crippen LogP contribution in [0.15, 0.2) is 101 Å². The molecule has 1 unspecified atom stereocenters. The monoisotopic (exact) mass is 341 g/mol. The van der Waals surface area contributed by atoms with Gasteiger partial charge in [0.1, 0.15) is 19.3 Å². The molecule has 26 heavy (non-hydrogen) atoms. The van der Waals surface area contributed by atoms with Crippen LogP contribution in [0.1, 0.15) is 11.1 Å². The van der Waals surface area contributed by atoms with Gasteiger partial charge in [0.2, 0.25) is 0 Å². The Bertz CT molecular complexity index is 868. The van der Waals surface area contributed by atoms with Crippen molar-refractivity contribution in [3.8, 4) is 0 Å². The van der Waals surface area contributed by atoms with Crippen molar-refractivity contribution in [2.45, 2.75) is 6.04 Å². The van der Waals surface area contributed by atoms with Crippen LogP contribution in [-0.4, -0.2) is 25.1 Å². The number of rotatable bonds is 3. The zero-order chi connectivity index (χ0) is 17.6. The van der Waals surface area contributed by atoms with E-state index in [2.05, 4.69) is 30.1 Å². The predicted octanol–water partition coefficient (Wildman–Crippen LogP) is 4.54. The van der Waals surface area contributed by atoms with Gasteiger partial charge in [0, 0.05) is 0 Å². The van der Waals surface area contributed by atoms with E-state index in [4.69, 9.17) is 14.5 Å². The fourth-order valence-electron chi connectivity index (χ4n) is 2.95. The van der Waals surface area contributed by atoms with Crippen LogP contribution in [-0.2, 0) is 9.47 Å². The maximum Gasteiger partial charge on any atom is 0.285 e. The highest BCUT2D eigenvalue weighted by Crippen LogP contribution is 2.24. The number of benzene rings is 2. The average Bonchev–Trinajstić information content (AvgIpc) is 3.25. The summed E-state index contributed by atoms with van der Waals surface area (Å²) in [7, 11) is 0. The Hall–Kier alpha value is -3.29. The van der Waals surface area contributed by atoms with E-state index in [1.807, 2.05) is 60.7 Å². The van der Waals surface area contributed by atoms with Crippen molar-refractivity contribution in [1.82, 2.24) is 0 Å². The molecule has 3 heteroatoms. The highest BCUT2D eigenvalue weighted by Gasteiger charge is 2.21. The molecule has 0 N–H and O–H groups in total. The first kappa shape index (κ1) is 16.2. The fourth-order valence-corrected chi connectivity index (χ4v) is 2.95. The Morgan fingerprint density at radius 3 is 2.08 bits per heavy atom. The SMILES string of the molecule is C(=NC1C=CC=CC1=C1OCCO1)=C(c1ccccc1)c1ccccc1. The molecule has 2 aromatic carbocycles. The van der Waals surface area contributed by atoms with Gasteiger partial charge in [-0.3, -0.25) is 0 Å². The van der Waals surface area contributed by atoms with Gasteiger partial charge in [-0.05, 0) is 23.1 Å². The molecule has 0 aromatic heterocycles. The number of aliphatic imine (C=N–C) groups is 1. The molecule has 0 spiro atoms. The molecule has 2 aliphatic rings. The van der Waals surface area contributed by atoms with E-state index < -0.39 is 0 Å². The molecule has 1 saturated heterocycles. The third-order valence-corrected chi connectivity index (χ3v) is 4.22. The number of nitrogens with zero attached hydrogens (tertiary/aromatic N) is 1. The van der Waals surface area contributed by atoms with Crippen LogP contribution in [0.3, 0.4) is 0 Å². The number of allylic oxidation sites excluding steroid dienone is 2. The smallest absolute Gasteiger partial charge is 0.285 e. The second kappa shape index (κ2) is 7.73. The zero-order valence-electron chi connectivity index (χ0n) is 14.3. The predicted molar refractivity (Wildman–Crippen MR) is 104 cm³/mol. The van der Waals surface area contributed by atoms with Gasteiger partial charge in [-0.15, -0.1) is 0 Å². The number of hydrogen-bond donors (Lipinski definition) is 0. The lowest BCUT2D eigenvalue weighted by atomic mass is 9.99. The summed E-state index contributed by atoms with van der Waals surface area (Å²) in [6, 6.07) is 20.2. The van der Waals surface area contributed by atoms with Crippen molar-refractivity contribution in [1.29, 1.82) is 0 Å². The van der Waals surface area contributed by atoms with E-state index in [1.165, 1.54) is 0 Å². The Balaban J connectivity index is 1.78. The van der Waals surface area contributed by atoms with E-state index in [0.29, 0.717) is 19.2 Å². The Kier molecular flexibility index (Phi) is 4.81. The molecule has 0 bridgehead atoms. The summed E-state index contributed by atoms with van der Waals surface area (Å²) in [5, 5.41) is 0. The maximum atomic E-state index is 5.58. The minimum Gasteiger partial charge on any atom is -0.462 e. The molecular weight excluding hydrogens is 322 g/mol. The van der Waals surface area contributed by atoms with Crippen molar-refractivity contribution in [3.63, 3.8) is 0 Å². The van der Waals surface area contributed by atoms with Crippen LogP contribution in [0, 0.1) is 0 Å². The van der Waals surface area contributed by atoms with Gasteiger partial charge >= 0.3 is 0 Å². The van der Waals surface area contributed by atoms with Gasteiger partial charge < -0.3 is 9.47 Å². The molecule has 1 atom stereocenters. The summed E-state index contributed by atoms with van der Waals surface area (Å²) < 4.78 is 11.2. The second-order valence-corrected chi connectivity index (χ2v) is 5.98. The molecule has 1 aliphatic carbocycles. The molecule has 4 rings (SSSR count). The van der Waals surface area contributed by atoms with Crippen molar-refractivity contribution >= 4 is 11.4 Å². The molecule has 1 heterocycles. The van der Waals surface area contributed by atoms with E-state index in [1.54, 1.807) is 0 Å². The largest absolute Gasteiger partial charge is 0.462 e. The summed E-state index contributed by atoms with van der Waals surface area (Å²) in [6.07, 6.45) is 7.97. The van der Waals surface area contributed by atoms with Crippen LogP contribution >= 0.6 is 0 Å². The summed E-state index contributed by atoms with van der Waals surface area (Å²) in [4.78, 5) is 4.72. The van der Waals surface area contributed by atoms with Gasteiger partial charge in [0.25, 0.3) is 5.95 Å². The normalized spacial score (nSPS) is 18.1. The van der Waals surface area contributed by atoms with E-state index in [9.17, 15) is 0 Å². The van der Waals surface area contributed by atoms with Crippen LogP contribution in [0.25, 0.3) is 5.57 Å². The number of hydrogen-bond acceptors (Lipinski definition) is 3. The standard InChI is InChI=1S/C23H19NO2/c1-3-9-18(10-4-1)21(19-11-5-2-6-12-19)17-24-22-14-8-7-13-20(22)23-25-15-16-26-23/h1-14,22H,15-16H2. The summed E-state index contributed by atoms with van der Waals surface area (Å²) in [6.45, 7) is 1.17. The van der Waals surface area contributed by atoms with Crippen LogP contribution in [0.2, 0.25) is 0 Å². The fraction of sp³-hybridized carbons (Fsp3) is 0.130. The second-order valence-electron chi connectivity index (χ2n) is 5.98.